The number of nitrogens with zero attached hydrogens (tertiary/aromatic N) is 3. The smallest absolute Gasteiger partial charge is 0.274 e. The van der Waals surface area contributed by atoms with Crippen LogP contribution in [0, 0.1) is 12.8 Å². The van der Waals surface area contributed by atoms with Gasteiger partial charge in [0.1, 0.15) is 6.10 Å². The molecule has 35 heavy (non-hydrogen) atoms. The van der Waals surface area contributed by atoms with E-state index in [4.69, 9.17) is 4.74 Å². The average molecular weight is 473 g/mol. The number of fused-ring (bicyclic) bond motifs is 1. The summed E-state index contributed by atoms with van der Waals surface area (Å²) >= 11 is 0. The Morgan fingerprint density at radius 3 is 2.54 bits per heavy atom. The van der Waals surface area contributed by atoms with Gasteiger partial charge >= 0.3 is 0 Å². The lowest BCUT2D eigenvalue weighted by Gasteiger charge is -2.31. The Balaban J connectivity index is 1.13. The molecule has 1 fully saturated rings. The Kier molecular flexibility index (Phi) is 6.95. The van der Waals surface area contributed by atoms with Gasteiger partial charge in [-0.05, 0) is 37.3 Å². The van der Waals surface area contributed by atoms with Crippen molar-refractivity contribution in [3.05, 3.63) is 89.0 Å². The maximum atomic E-state index is 13.2. The summed E-state index contributed by atoms with van der Waals surface area (Å²) in [6, 6.07) is 18.5. The number of carbonyl (C=O) groups is 2. The third-order valence-corrected chi connectivity index (χ3v) is 7.09. The summed E-state index contributed by atoms with van der Waals surface area (Å²) < 4.78 is 8.14. The highest BCUT2D eigenvalue weighted by Gasteiger charge is 2.32. The zero-order valence-corrected chi connectivity index (χ0v) is 20.2. The van der Waals surface area contributed by atoms with Crippen LogP contribution in [0.25, 0.3) is 0 Å². The zero-order chi connectivity index (χ0) is 24.2. The lowest BCUT2D eigenvalue weighted by molar-refractivity contribution is -0.126. The average Bonchev–Trinajstić information content (AvgIpc) is 3.33. The zero-order valence-electron chi connectivity index (χ0n) is 20.2. The number of nitrogens with one attached hydrogen (secondary N) is 1. The highest BCUT2D eigenvalue weighted by Crippen LogP contribution is 2.29. The van der Waals surface area contributed by atoms with Crippen molar-refractivity contribution in [2.45, 2.75) is 45.4 Å². The van der Waals surface area contributed by atoms with Gasteiger partial charge in [-0.15, -0.1) is 0 Å². The summed E-state index contributed by atoms with van der Waals surface area (Å²) in [5, 5.41) is 3.06. The van der Waals surface area contributed by atoms with Gasteiger partial charge in [-0.2, -0.15) is 0 Å². The summed E-state index contributed by atoms with van der Waals surface area (Å²) in [6.45, 7) is 4.83. The van der Waals surface area contributed by atoms with Crippen LogP contribution in [0.15, 0.2) is 60.9 Å². The molecule has 1 atom stereocenters. The van der Waals surface area contributed by atoms with E-state index in [2.05, 4.69) is 53.6 Å². The van der Waals surface area contributed by atoms with Crippen LogP contribution in [0.5, 0.6) is 0 Å². The molecule has 0 radical (unpaired) electrons. The minimum absolute atomic E-state index is 0.0450. The molecule has 2 aliphatic heterocycles. The number of rotatable bonds is 6. The van der Waals surface area contributed by atoms with Crippen molar-refractivity contribution >= 4 is 11.8 Å². The van der Waals surface area contributed by atoms with E-state index in [1.165, 1.54) is 11.1 Å². The lowest BCUT2D eigenvalue weighted by atomic mass is 9.95. The molecule has 2 aromatic carbocycles. The normalized spacial score (nSPS) is 18.2. The van der Waals surface area contributed by atoms with E-state index in [0.29, 0.717) is 51.3 Å². The molecule has 1 aromatic heterocycles. The standard InChI is InChI=1S/C28H32N4O3/c1-20-7-9-22(10-8-20)25-17-32-19-30-26(24(32)18-35-25)28(34)31-15-12-23(13-16-31)27(33)29-14-11-21-5-3-2-4-6-21/h2-10,19,23,25H,11-18H2,1H3,(H,29,33)/t25-/m1/s1. The molecule has 3 aromatic rings. The number of likely N-dealkylation sites (tertiary alicyclic amines) is 1. The predicted molar refractivity (Wildman–Crippen MR) is 133 cm³/mol. The molecule has 7 nitrogen and oxygen atoms in total. The van der Waals surface area contributed by atoms with E-state index in [9.17, 15) is 9.59 Å². The molecule has 0 unspecified atom stereocenters. The number of hydrogen-bond donors (Lipinski definition) is 1. The highest BCUT2D eigenvalue weighted by molar-refractivity contribution is 5.93. The second kappa shape index (κ2) is 10.4. The largest absolute Gasteiger partial charge is 0.365 e. The summed E-state index contributed by atoms with van der Waals surface area (Å²) in [7, 11) is 0. The summed E-state index contributed by atoms with van der Waals surface area (Å²) in [5.74, 6) is -0.0358. The molecule has 0 aliphatic carbocycles. The van der Waals surface area contributed by atoms with Gasteiger partial charge in [0.05, 0.1) is 25.2 Å². The number of imidazole rings is 1. The third-order valence-electron chi connectivity index (χ3n) is 7.09. The minimum atomic E-state index is -0.0703. The van der Waals surface area contributed by atoms with E-state index in [1.54, 1.807) is 6.33 Å². The molecule has 3 heterocycles. The quantitative estimate of drug-likeness (QED) is 0.594. The number of benzene rings is 2. The third kappa shape index (κ3) is 5.30. The second-order valence-electron chi connectivity index (χ2n) is 9.50. The number of amides is 2. The molecule has 1 saturated heterocycles. The summed E-state index contributed by atoms with van der Waals surface area (Å²) in [5.41, 5.74) is 4.86. The number of ether oxygens (including phenoxy) is 1. The van der Waals surface area contributed by atoms with Crippen LogP contribution in [-0.2, 0) is 29.1 Å². The fourth-order valence-corrected chi connectivity index (χ4v) is 4.90. The van der Waals surface area contributed by atoms with Gasteiger partial charge in [-0.25, -0.2) is 4.98 Å². The van der Waals surface area contributed by atoms with Crippen molar-refractivity contribution in [1.29, 1.82) is 0 Å². The van der Waals surface area contributed by atoms with E-state index in [0.717, 1.165) is 17.7 Å². The van der Waals surface area contributed by atoms with Crippen LogP contribution in [0.4, 0.5) is 0 Å². The SMILES string of the molecule is Cc1ccc([C@H]2Cn3cnc(C(=O)N4CCC(C(=O)NCCc5ccccc5)CC4)c3CO2)cc1. The van der Waals surface area contributed by atoms with Crippen LogP contribution < -0.4 is 5.32 Å². The Bertz CT molecular complexity index is 1160. The molecule has 2 aliphatic rings. The monoisotopic (exact) mass is 472 g/mol. The van der Waals surface area contributed by atoms with Gasteiger partial charge in [-0.1, -0.05) is 60.2 Å². The predicted octanol–water partition coefficient (Wildman–Crippen LogP) is 3.67. The fourth-order valence-electron chi connectivity index (χ4n) is 4.90. The Hall–Kier alpha value is -3.45. The Morgan fingerprint density at radius 2 is 1.80 bits per heavy atom. The number of aryl methyl sites for hydroxylation is 1. The number of piperidine rings is 1. The fraction of sp³-hybridized carbons (Fsp3) is 0.393. The molecule has 0 bridgehead atoms. The van der Waals surface area contributed by atoms with E-state index < -0.39 is 0 Å². The van der Waals surface area contributed by atoms with Crippen LogP contribution in [0.2, 0.25) is 0 Å². The molecule has 1 N–H and O–H groups in total. The highest BCUT2D eigenvalue weighted by atomic mass is 16.5. The van der Waals surface area contributed by atoms with Crippen LogP contribution >= 0.6 is 0 Å². The molecule has 0 spiro atoms. The van der Waals surface area contributed by atoms with E-state index in [-0.39, 0.29) is 23.8 Å². The maximum Gasteiger partial charge on any atom is 0.274 e. The first kappa shape index (κ1) is 23.3. The van der Waals surface area contributed by atoms with Crippen LogP contribution in [0.3, 0.4) is 0 Å². The first-order chi connectivity index (χ1) is 17.1. The van der Waals surface area contributed by atoms with Gasteiger partial charge in [0.15, 0.2) is 5.69 Å². The van der Waals surface area contributed by atoms with E-state index in [1.807, 2.05) is 27.7 Å². The number of carbonyl (C=O) groups excluding carboxylic acids is 2. The second-order valence-corrected chi connectivity index (χ2v) is 9.50. The van der Waals surface area contributed by atoms with Gasteiger partial charge < -0.3 is 19.5 Å². The van der Waals surface area contributed by atoms with Crippen molar-refractivity contribution in [2.75, 3.05) is 19.6 Å². The molecule has 5 rings (SSSR count). The Morgan fingerprint density at radius 1 is 1.06 bits per heavy atom. The molecular formula is C28H32N4O3. The lowest BCUT2D eigenvalue weighted by Crippen LogP contribution is -2.43. The van der Waals surface area contributed by atoms with Gasteiger partial charge in [0.25, 0.3) is 5.91 Å². The molecular weight excluding hydrogens is 440 g/mol. The first-order valence-electron chi connectivity index (χ1n) is 12.4. The van der Waals surface area contributed by atoms with Crippen LogP contribution in [0.1, 0.15) is 51.8 Å². The minimum Gasteiger partial charge on any atom is -0.365 e. The number of aromatic nitrogens is 2. The van der Waals surface area contributed by atoms with Crippen molar-refractivity contribution in [1.82, 2.24) is 19.8 Å². The molecule has 0 saturated carbocycles. The van der Waals surface area contributed by atoms with Crippen LogP contribution in [-0.4, -0.2) is 45.9 Å². The van der Waals surface area contributed by atoms with Crippen molar-refractivity contribution in [2.24, 2.45) is 5.92 Å². The maximum absolute atomic E-state index is 13.2. The van der Waals surface area contributed by atoms with Crippen molar-refractivity contribution < 1.29 is 14.3 Å². The van der Waals surface area contributed by atoms with Gasteiger partial charge in [-0.3, -0.25) is 9.59 Å². The summed E-state index contributed by atoms with van der Waals surface area (Å²) in [6.07, 6.45) is 3.87. The van der Waals surface area contributed by atoms with Crippen molar-refractivity contribution in [3.8, 4) is 0 Å². The van der Waals surface area contributed by atoms with Gasteiger partial charge in [0.2, 0.25) is 5.91 Å². The molecule has 2 amide bonds. The Labute approximate surface area is 206 Å². The molecule has 7 heteroatoms. The van der Waals surface area contributed by atoms with Gasteiger partial charge in [0, 0.05) is 25.6 Å². The number of hydrogen-bond acceptors (Lipinski definition) is 4. The first-order valence-corrected chi connectivity index (χ1v) is 12.4. The van der Waals surface area contributed by atoms with Crippen molar-refractivity contribution in [3.63, 3.8) is 0 Å². The molecule has 182 valence electrons. The topological polar surface area (TPSA) is 76.5 Å². The van der Waals surface area contributed by atoms with E-state index >= 15 is 0 Å². The summed E-state index contributed by atoms with van der Waals surface area (Å²) in [4.78, 5) is 32.1.